The highest BCUT2D eigenvalue weighted by atomic mass is 19.1. The number of hydrogen-bond donors (Lipinski definition) is 1. The fourth-order valence-electron chi connectivity index (χ4n) is 1.81. The van der Waals surface area contributed by atoms with Crippen LogP contribution >= 0.6 is 0 Å². The van der Waals surface area contributed by atoms with Crippen LogP contribution in [0.3, 0.4) is 0 Å². The molecule has 1 aromatic carbocycles. The summed E-state index contributed by atoms with van der Waals surface area (Å²) in [4.78, 5) is 4.30. The zero-order valence-corrected chi connectivity index (χ0v) is 9.73. The predicted molar refractivity (Wildman–Crippen MR) is 66.1 cm³/mol. The Kier molecular flexibility index (Phi) is 3.83. The summed E-state index contributed by atoms with van der Waals surface area (Å²) in [5.74, 6) is -0.207. The van der Waals surface area contributed by atoms with Crippen molar-refractivity contribution in [2.45, 2.75) is 12.5 Å². The molecule has 2 nitrogen and oxygen atoms in total. The molecule has 3 heteroatoms. The second kappa shape index (κ2) is 5.55. The van der Waals surface area contributed by atoms with Gasteiger partial charge in [0.2, 0.25) is 0 Å². The summed E-state index contributed by atoms with van der Waals surface area (Å²) >= 11 is 0. The molecule has 0 spiro atoms. The van der Waals surface area contributed by atoms with Crippen molar-refractivity contribution < 1.29 is 4.39 Å². The predicted octanol–water partition coefficient (Wildman–Crippen LogP) is 2.72. The molecule has 0 fully saturated rings. The molecule has 0 amide bonds. The van der Waals surface area contributed by atoms with Gasteiger partial charge in [0.05, 0.1) is 0 Å². The van der Waals surface area contributed by atoms with Gasteiger partial charge in [-0.15, -0.1) is 0 Å². The van der Waals surface area contributed by atoms with Crippen molar-refractivity contribution in [3.63, 3.8) is 0 Å². The Labute approximate surface area is 101 Å². The van der Waals surface area contributed by atoms with Gasteiger partial charge in [-0.05, 0) is 36.9 Å². The number of pyridine rings is 1. The Morgan fingerprint density at radius 2 is 1.94 bits per heavy atom. The topological polar surface area (TPSA) is 24.9 Å². The molecule has 2 aromatic rings. The number of nitrogens with zero attached hydrogens (tertiary/aromatic N) is 1. The number of hydrogen-bond acceptors (Lipinski definition) is 2. The molecule has 1 atom stereocenters. The van der Waals surface area contributed by atoms with E-state index in [1.54, 1.807) is 18.3 Å². The Balaban J connectivity index is 2.14. The Bertz CT molecular complexity index is 453. The number of halogens is 1. The summed E-state index contributed by atoms with van der Waals surface area (Å²) in [5, 5.41) is 3.22. The van der Waals surface area contributed by atoms with Crippen LogP contribution in [0.15, 0.2) is 48.7 Å². The highest BCUT2D eigenvalue weighted by Gasteiger charge is 2.10. The summed E-state index contributed by atoms with van der Waals surface area (Å²) < 4.78 is 12.8. The quantitative estimate of drug-likeness (QED) is 0.873. The molecule has 2 rings (SSSR count). The van der Waals surface area contributed by atoms with E-state index < -0.39 is 0 Å². The van der Waals surface area contributed by atoms with Gasteiger partial charge in [0, 0.05) is 24.4 Å². The summed E-state index contributed by atoms with van der Waals surface area (Å²) in [6.45, 7) is 0. The Hall–Kier alpha value is -1.74. The molecular weight excluding hydrogens is 215 g/mol. The molecule has 88 valence electrons. The van der Waals surface area contributed by atoms with Crippen LogP contribution < -0.4 is 5.32 Å². The van der Waals surface area contributed by atoms with E-state index in [-0.39, 0.29) is 11.9 Å². The maximum Gasteiger partial charge on any atom is 0.123 e. The van der Waals surface area contributed by atoms with Crippen LogP contribution in [-0.2, 0) is 6.42 Å². The van der Waals surface area contributed by atoms with Crippen molar-refractivity contribution in [1.82, 2.24) is 10.3 Å². The number of benzene rings is 1. The van der Waals surface area contributed by atoms with Crippen molar-refractivity contribution in [2.75, 3.05) is 7.05 Å². The standard InChI is InChI=1S/C14H15FN2/c1-16-14(10-13-4-2-3-9-17-13)11-5-7-12(15)8-6-11/h2-9,14,16H,10H2,1H3. The van der Waals surface area contributed by atoms with Crippen LogP contribution in [0.5, 0.6) is 0 Å². The molecular formula is C14H15FN2. The summed E-state index contributed by atoms with van der Waals surface area (Å²) in [6.07, 6.45) is 2.58. The zero-order valence-electron chi connectivity index (χ0n) is 9.73. The van der Waals surface area contributed by atoms with Crippen LogP contribution in [0.4, 0.5) is 4.39 Å². The van der Waals surface area contributed by atoms with E-state index in [2.05, 4.69) is 10.3 Å². The summed E-state index contributed by atoms with van der Waals surface area (Å²) in [7, 11) is 1.90. The monoisotopic (exact) mass is 230 g/mol. The molecule has 17 heavy (non-hydrogen) atoms. The van der Waals surface area contributed by atoms with Crippen LogP contribution in [0, 0.1) is 5.82 Å². The molecule has 0 aliphatic carbocycles. The molecule has 1 unspecified atom stereocenters. The lowest BCUT2D eigenvalue weighted by molar-refractivity contribution is 0.579. The summed E-state index contributed by atoms with van der Waals surface area (Å²) in [6, 6.07) is 12.6. The molecule has 0 saturated heterocycles. The van der Waals surface area contributed by atoms with Gasteiger partial charge in [-0.1, -0.05) is 18.2 Å². The highest BCUT2D eigenvalue weighted by Crippen LogP contribution is 2.17. The number of nitrogens with one attached hydrogen (secondary N) is 1. The molecule has 1 aromatic heterocycles. The number of aromatic nitrogens is 1. The van der Waals surface area contributed by atoms with Crippen LogP contribution in [-0.4, -0.2) is 12.0 Å². The molecule has 0 aliphatic heterocycles. The van der Waals surface area contributed by atoms with Crippen molar-refractivity contribution >= 4 is 0 Å². The van der Waals surface area contributed by atoms with Gasteiger partial charge in [-0.25, -0.2) is 4.39 Å². The maximum absolute atomic E-state index is 12.8. The van der Waals surface area contributed by atoms with E-state index in [0.29, 0.717) is 0 Å². The van der Waals surface area contributed by atoms with Crippen LogP contribution in [0.1, 0.15) is 17.3 Å². The number of rotatable bonds is 4. The Morgan fingerprint density at radius 3 is 2.53 bits per heavy atom. The first kappa shape index (κ1) is 11.7. The third-order valence-electron chi connectivity index (χ3n) is 2.76. The minimum atomic E-state index is -0.207. The van der Waals surface area contributed by atoms with Crippen LogP contribution in [0.25, 0.3) is 0 Å². The van der Waals surface area contributed by atoms with Crippen molar-refractivity contribution in [1.29, 1.82) is 0 Å². The van der Waals surface area contributed by atoms with Gasteiger partial charge >= 0.3 is 0 Å². The average Bonchev–Trinajstić information content (AvgIpc) is 2.38. The molecule has 0 saturated carbocycles. The van der Waals surface area contributed by atoms with E-state index in [1.165, 1.54) is 12.1 Å². The van der Waals surface area contributed by atoms with E-state index >= 15 is 0 Å². The largest absolute Gasteiger partial charge is 0.313 e. The molecule has 0 aliphatic rings. The minimum Gasteiger partial charge on any atom is -0.313 e. The van der Waals surface area contributed by atoms with E-state index in [4.69, 9.17) is 0 Å². The fourth-order valence-corrected chi connectivity index (χ4v) is 1.81. The van der Waals surface area contributed by atoms with E-state index in [0.717, 1.165) is 17.7 Å². The molecule has 0 radical (unpaired) electrons. The number of likely N-dealkylation sites (N-methyl/N-ethyl adjacent to an activating group) is 1. The molecule has 1 heterocycles. The van der Waals surface area contributed by atoms with Crippen molar-refractivity contribution in [2.24, 2.45) is 0 Å². The highest BCUT2D eigenvalue weighted by molar-refractivity contribution is 5.21. The third kappa shape index (κ3) is 3.11. The van der Waals surface area contributed by atoms with E-state index in [9.17, 15) is 4.39 Å². The second-order valence-electron chi connectivity index (χ2n) is 3.92. The van der Waals surface area contributed by atoms with Crippen LogP contribution in [0.2, 0.25) is 0 Å². The average molecular weight is 230 g/mol. The fraction of sp³-hybridized carbons (Fsp3) is 0.214. The Morgan fingerprint density at radius 1 is 1.18 bits per heavy atom. The lowest BCUT2D eigenvalue weighted by Gasteiger charge is -2.16. The smallest absolute Gasteiger partial charge is 0.123 e. The van der Waals surface area contributed by atoms with Gasteiger partial charge < -0.3 is 5.32 Å². The molecule has 1 N–H and O–H groups in total. The van der Waals surface area contributed by atoms with Crippen molar-refractivity contribution in [3.8, 4) is 0 Å². The SMILES string of the molecule is CNC(Cc1ccccn1)c1ccc(F)cc1. The summed E-state index contributed by atoms with van der Waals surface area (Å²) in [5.41, 5.74) is 2.09. The maximum atomic E-state index is 12.8. The van der Waals surface area contributed by atoms with E-state index in [1.807, 2.05) is 25.2 Å². The van der Waals surface area contributed by atoms with Gasteiger partial charge in [0.25, 0.3) is 0 Å². The second-order valence-corrected chi connectivity index (χ2v) is 3.92. The first-order chi connectivity index (χ1) is 8.29. The van der Waals surface area contributed by atoms with Gasteiger partial charge in [0.15, 0.2) is 0 Å². The normalized spacial score (nSPS) is 12.4. The first-order valence-electron chi connectivity index (χ1n) is 5.62. The minimum absolute atomic E-state index is 0.158. The van der Waals surface area contributed by atoms with Gasteiger partial charge in [-0.3, -0.25) is 4.98 Å². The first-order valence-corrected chi connectivity index (χ1v) is 5.62. The van der Waals surface area contributed by atoms with Gasteiger partial charge in [0.1, 0.15) is 5.82 Å². The lowest BCUT2D eigenvalue weighted by atomic mass is 10.0. The third-order valence-corrected chi connectivity index (χ3v) is 2.76. The zero-order chi connectivity index (χ0) is 12.1. The van der Waals surface area contributed by atoms with Crippen molar-refractivity contribution in [3.05, 3.63) is 65.7 Å². The van der Waals surface area contributed by atoms with Gasteiger partial charge in [-0.2, -0.15) is 0 Å². The molecule has 0 bridgehead atoms. The lowest BCUT2D eigenvalue weighted by Crippen LogP contribution is -2.19.